The van der Waals surface area contributed by atoms with Crippen molar-refractivity contribution in [2.45, 2.75) is 71.3 Å². The molecule has 0 bridgehead atoms. The molecular formula is C32H41N5O2. The minimum Gasteiger partial charge on any atom is -0.490 e. The maximum absolute atomic E-state index is 13.5. The van der Waals surface area contributed by atoms with Crippen LogP contribution < -0.4 is 10.1 Å². The van der Waals surface area contributed by atoms with Crippen LogP contribution in [0.5, 0.6) is 5.75 Å². The van der Waals surface area contributed by atoms with Crippen molar-refractivity contribution in [2.75, 3.05) is 20.1 Å². The Morgan fingerprint density at radius 2 is 1.87 bits per heavy atom. The van der Waals surface area contributed by atoms with Gasteiger partial charge in [0.05, 0.1) is 16.9 Å². The molecule has 3 aromatic rings. The van der Waals surface area contributed by atoms with Crippen molar-refractivity contribution in [1.29, 1.82) is 0 Å². The third kappa shape index (κ3) is 6.41. The van der Waals surface area contributed by atoms with E-state index >= 15 is 0 Å². The summed E-state index contributed by atoms with van der Waals surface area (Å²) in [4.78, 5) is 20.5. The number of nitrogens with zero attached hydrogens (tertiary/aromatic N) is 3. The first kappa shape index (κ1) is 27.1. The highest BCUT2D eigenvalue weighted by molar-refractivity contribution is 6.02. The van der Waals surface area contributed by atoms with Crippen LogP contribution in [0.2, 0.25) is 0 Å². The first-order chi connectivity index (χ1) is 19.1. The second-order valence-corrected chi connectivity index (χ2v) is 10.9. The molecule has 1 saturated carbocycles. The molecule has 7 heteroatoms. The van der Waals surface area contributed by atoms with Crippen LogP contribution >= 0.6 is 0 Å². The number of aliphatic imine (C=N–C) groups is 1. The number of ether oxygens (including phenoxy) is 1. The smallest absolute Gasteiger partial charge is 0.255 e. The van der Waals surface area contributed by atoms with Gasteiger partial charge in [-0.05, 0) is 88.5 Å². The second kappa shape index (κ2) is 12.6. The van der Waals surface area contributed by atoms with E-state index < -0.39 is 0 Å². The average Bonchev–Trinajstić information content (AvgIpc) is 3.64. The molecule has 0 radical (unpaired) electrons. The van der Waals surface area contributed by atoms with Gasteiger partial charge in [0.15, 0.2) is 0 Å². The molecule has 206 valence electrons. The van der Waals surface area contributed by atoms with E-state index in [1.54, 1.807) is 0 Å². The number of fused-ring (bicyclic) bond motifs is 1. The van der Waals surface area contributed by atoms with E-state index in [9.17, 15) is 4.79 Å². The number of rotatable bonds is 9. The third-order valence-corrected chi connectivity index (χ3v) is 8.02. The Labute approximate surface area is 231 Å². The highest BCUT2D eigenvalue weighted by Gasteiger charge is 2.25. The fourth-order valence-electron chi connectivity index (χ4n) is 5.84. The topological polar surface area (TPSA) is 82.6 Å². The van der Waals surface area contributed by atoms with Crippen molar-refractivity contribution in [3.05, 3.63) is 59.4 Å². The lowest BCUT2D eigenvalue weighted by molar-refractivity contribution is 0.0961. The van der Waals surface area contributed by atoms with Crippen LogP contribution in [0.25, 0.3) is 22.2 Å². The first-order valence-corrected chi connectivity index (χ1v) is 14.5. The summed E-state index contributed by atoms with van der Waals surface area (Å²) in [6, 6.07) is 13.9. The number of H-pyrrole nitrogens is 1. The molecule has 39 heavy (non-hydrogen) atoms. The number of hydrogen-bond donors (Lipinski definition) is 2. The molecular weight excluding hydrogens is 486 g/mol. The number of carbonyl (C=O) groups is 1. The summed E-state index contributed by atoms with van der Waals surface area (Å²) in [5, 5.41) is 11.9. The van der Waals surface area contributed by atoms with Gasteiger partial charge in [-0.15, -0.1) is 0 Å². The van der Waals surface area contributed by atoms with Gasteiger partial charge in [-0.2, -0.15) is 5.10 Å². The molecule has 1 aliphatic heterocycles. The molecule has 7 nitrogen and oxygen atoms in total. The molecule has 2 N–H and O–H groups in total. The highest BCUT2D eigenvalue weighted by atomic mass is 16.5. The highest BCUT2D eigenvalue weighted by Crippen LogP contribution is 2.34. The molecule has 1 aromatic heterocycles. The Morgan fingerprint density at radius 3 is 2.56 bits per heavy atom. The molecule has 5 rings (SSSR count). The predicted octanol–water partition coefficient (Wildman–Crippen LogP) is 6.73. The summed E-state index contributed by atoms with van der Waals surface area (Å²) in [6.45, 7) is 6.23. The standard InChI is InChI=1S/C32H41N5O2/c1-4-8-29(33-5-2)31(22-9-6-7-10-22)34-32(38)24-13-16-28-27(21-24)30(36-35-28)23-11-14-25(15-12-23)39-26-17-19-37(3)20-18-26/h5,11-16,21-22,26H,4,6-10,17-20H2,1-3H3,(H,34,38)(H,35,36)/b31-29-,33-5?. The van der Waals surface area contributed by atoms with Gasteiger partial charge in [0, 0.05) is 47.4 Å². The Balaban J connectivity index is 1.36. The van der Waals surface area contributed by atoms with Crippen LogP contribution in [0, 0.1) is 5.92 Å². The summed E-state index contributed by atoms with van der Waals surface area (Å²) < 4.78 is 6.22. The minimum absolute atomic E-state index is 0.0901. The summed E-state index contributed by atoms with van der Waals surface area (Å²) in [6.07, 6.45) is 10.7. The maximum Gasteiger partial charge on any atom is 0.255 e. The summed E-state index contributed by atoms with van der Waals surface area (Å²) >= 11 is 0. The van der Waals surface area contributed by atoms with E-state index in [1.165, 1.54) is 12.8 Å². The van der Waals surface area contributed by atoms with E-state index in [2.05, 4.69) is 39.4 Å². The van der Waals surface area contributed by atoms with Crippen LogP contribution in [0.1, 0.15) is 75.6 Å². The molecule has 1 amide bonds. The van der Waals surface area contributed by atoms with Crippen molar-refractivity contribution < 1.29 is 9.53 Å². The van der Waals surface area contributed by atoms with Crippen LogP contribution in [0.3, 0.4) is 0 Å². The maximum atomic E-state index is 13.5. The lowest BCUT2D eigenvalue weighted by Gasteiger charge is -2.29. The fourth-order valence-corrected chi connectivity index (χ4v) is 5.84. The van der Waals surface area contributed by atoms with Gasteiger partial charge in [-0.1, -0.05) is 26.2 Å². The van der Waals surface area contributed by atoms with Gasteiger partial charge in [-0.3, -0.25) is 14.9 Å². The largest absolute Gasteiger partial charge is 0.490 e. The Kier molecular flexibility index (Phi) is 8.77. The normalized spacial score (nSPS) is 18.1. The second-order valence-electron chi connectivity index (χ2n) is 10.9. The SMILES string of the molecule is CC=N/C(CCC)=C(\NC(=O)c1ccc2[nH]nc(-c3ccc(OC4CCN(C)CC4)cc3)c2c1)C1CCCC1. The number of piperidine rings is 1. The van der Waals surface area contributed by atoms with Crippen LogP contribution in [-0.2, 0) is 0 Å². The zero-order valence-electron chi connectivity index (χ0n) is 23.5. The zero-order chi connectivity index (χ0) is 27.2. The lowest BCUT2D eigenvalue weighted by Crippen LogP contribution is -2.35. The fraction of sp³-hybridized carbons (Fsp3) is 0.469. The van der Waals surface area contributed by atoms with Gasteiger partial charge in [0.25, 0.3) is 5.91 Å². The number of carbonyl (C=O) groups excluding carboxylic acids is 1. The van der Waals surface area contributed by atoms with Gasteiger partial charge in [-0.25, -0.2) is 0 Å². The van der Waals surface area contributed by atoms with Crippen LogP contribution in [0.15, 0.2) is 58.9 Å². The quantitative estimate of drug-likeness (QED) is 0.303. The molecule has 2 aromatic carbocycles. The number of hydrogen-bond acceptors (Lipinski definition) is 5. The Morgan fingerprint density at radius 1 is 1.13 bits per heavy atom. The van der Waals surface area contributed by atoms with Crippen molar-refractivity contribution in [3.63, 3.8) is 0 Å². The van der Waals surface area contributed by atoms with Crippen molar-refractivity contribution >= 4 is 23.0 Å². The van der Waals surface area contributed by atoms with E-state index in [4.69, 9.17) is 4.74 Å². The lowest BCUT2D eigenvalue weighted by atomic mass is 9.99. The Bertz CT molecular complexity index is 1330. The number of amides is 1. The third-order valence-electron chi connectivity index (χ3n) is 8.02. The summed E-state index contributed by atoms with van der Waals surface area (Å²) in [5.74, 6) is 1.16. The van der Waals surface area contributed by atoms with Crippen molar-refractivity contribution in [1.82, 2.24) is 20.4 Å². The Hall–Kier alpha value is -3.45. The van der Waals surface area contributed by atoms with Crippen LogP contribution in [-0.4, -0.2) is 53.5 Å². The summed E-state index contributed by atoms with van der Waals surface area (Å²) in [7, 11) is 2.16. The number of allylic oxidation sites excluding steroid dienone is 2. The number of aromatic amines is 1. The van der Waals surface area contributed by atoms with Gasteiger partial charge < -0.3 is 15.0 Å². The number of benzene rings is 2. The minimum atomic E-state index is -0.0901. The predicted molar refractivity (Wildman–Crippen MR) is 158 cm³/mol. The summed E-state index contributed by atoms with van der Waals surface area (Å²) in [5.41, 5.74) is 5.36. The van der Waals surface area contributed by atoms with E-state index in [1.807, 2.05) is 55.6 Å². The first-order valence-electron chi connectivity index (χ1n) is 14.5. The molecule has 2 heterocycles. The van der Waals surface area contributed by atoms with Gasteiger partial charge in [0.1, 0.15) is 11.9 Å². The van der Waals surface area contributed by atoms with Crippen LogP contribution in [0.4, 0.5) is 0 Å². The van der Waals surface area contributed by atoms with Gasteiger partial charge >= 0.3 is 0 Å². The van der Waals surface area contributed by atoms with E-state index in [0.717, 1.165) is 90.9 Å². The average molecular weight is 528 g/mol. The number of likely N-dealkylation sites (tertiary alicyclic amines) is 1. The monoisotopic (exact) mass is 527 g/mol. The number of nitrogens with one attached hydrogen (secondary N) is 2. The molecule has 2 aliphatic rings. The molecule has 1 saturated heterocycles. The molecule has 0 unspecified atom stereocenters. The van der Waals surface area contributed by atoms with Crippen molar-refractivity contribution in [2.24, 2.45) is 10.9 Å². The van der Waals surface area contributed by atoms with E-state index in [0.29, 0.717) is 11.5 Å². The molecule has 0 atom stereocenters. The number of aromatic nitrogens is 2. The molecule has 0 spiro atoms. The molecule has 2 fully saturated rings. The van der Waals surface area contributed by atoms with Crippen molar-refractivity contribution in [3.8, 4) is 17.0 Å². The molecule has 1 aliphatic carbocycles. The van der Waals surface area contributed by atoms with E-state index in [-0.39, 0.29) is 12.0 Å². The van der Waals surface area contributed by atoms with Gasteiger partial charge in [0.2, 0.25) is 0 Å². The zero-order valence-corrected chi connectivity index (χ0v) is 23.5.